The van der Waals surface area contributed by atoms with Crippen LogP contribution >= 0.6 is 31.9 Å². The molecular weight excluding hydrogens is 344 g/mol. The highest BCUT2D eigenvalue weighted by molar-refractivity contribution is 9.10. The van der Waals surface area contributed by atoms with Crippen molar-refractivity contribution < 1.29 is 4.79 Å². The Morgan fingerprint density at radius 3 is 2.18 bits per heavy atom. The summed E-state index contributed by atoms with van der Waals surface area (Å²) >= 11 is 6.81. The van der Waals surface area contributed by atoms with E-state index >= 15 is 0 Å². The van der Waals surface area contributed by atoms with E-state index in [0.717, 1.165) is 15.6 Å². The minimum absolute atomic E-state index is 0.0486. The maximum absolute atomic E-state index is 12.4. The first-order valence-corrected chi connectivity index (χ1v) is 7.08. The van der Waals surface area contributed by atoms with Gasteiger partial charge in [0.1, 0.15) is 0 Å². The monoisotopic (exact) mass is 352 g/mol. The second kappa shape index (κ2) is 5.61. The predicted molar refractivity (Wildman–Crippen MR) is 76.6 cm³/mol. The molecule has 0 aliphatic carbocycles. The van der Waals surface area contributed by atoms with Crippen LogP contribution in [-0.4, -0.2) is 5.78 Å². The predicted octanol–water partition coefficient (Wildman–Crippen LogP) is 4.58. The van der Waals surface area contributed by atoms with Crippen LogP contribution in [0.4, 0.5) is 0 Å². The maximum atomic E-state index is 12.4. The SMILES string of the molecule is O=C(c1ccccc1Br)c1ccccc1CBr. The zero-order valence-corrected chi connectivity index (χ0v) is 12.2. The Hall–Kier alpha value is -0.930. The highest BCUT2D eigenvalue weighted by atomic mass is 79.9. The van der Waals surface area contributed by atoms with E-state index in [-0.39, 0.29) is 5.78 Å². The van der Waals surface area contributed by atoms with Crippen molar-refractivity contribution in [3.8, 4) is 0 Å². The van der Waals surface area contributed by atoms with Crippen LogP contribution in [0.1, 0.15) is 21.5 Å². The normalized spacial score (nSPS) is 10.2. The van der Waals surface area contributed by atoms with Crippen molar-refractivity contribution in [3.05, 3.63) is 69.7 Å². The molecule has 0 aromatic heterocycles. The Morgan fingerprint density at radius 1 is 0.941 bits per heavy atom. The zero-order chi connectivity index (χ0) is 12.3. The van der Waals surface area contributed by atoms with Gasteiger partial charge in [-0.05, 0) is 17.7 Å². The Balaban J connectivity index is 2.48. The molecule has 1 nitrogen and oxygen atoms in total. The lowest BCUT2D eigenvalue weighted by Crippen LogP contribution is -2.05. The van der Waals surface area contributed by atoms with Crippen molar-refractivity contribution in [1.82, 2.24) is 0 Å². The Kier molecular flexibility index (Phi) is 4.13. The van der Waals surface area contributed by atoms with Crippen LogP contribution in [0, 0.1) is 0 Å². The Morgan fingerprint density at radius 2 is 1.53 bits per heavy atom. The van der Waals surface area contributed by atoms with Crippen molar-refractivity contribution in [2.75, 3.05) is 0 Å². The summed E-state index contributed by atoms with van der Waals surface area (Å²) in [5, 5.41) is 0.680. The second-order valence-corrected chi connectivity index (χ2v) is 5.01. The third-order valence-electron chi connectivity index (χ3n) is 2.52. The van der Waals surface area contributed by atoms with Gasteiger partial charge in [0.15, 0.2) is 5.78 Å². The fourth-order valence-electron chi connectivity index (χ4n) is 1.65. The average Bonchev–Trinajstić information content (AvgIpc) is 2.38. The van der Waals surface area contributed by atoms with Crippen LogP contribution in [-0.2, 0) is 5.33 Å². The number of hydrogen-bond donors (Lipinski definition) is 0. The fraction of sp³-hybridized carbons (Fsp3) is 0.0714. The lowest BCUT2D eigenvalue weighted by molar-refractivity contribution is 0.103. The van der Waals surface area contributed by atoms with Crippen molar-refractivity contribution >= 4 is 37.6 Å². The average molecular weight is 354 g/mol. The molecule has 17 heavy (non-hydrogen) atoms. The summed E-state index contributed by atoms with van der Waals surface area (Å²) < 4.78 is 0.828. The van der Waals surface area contributed by atoms with Crippen molar-refractivity contribution in [2.45, 2.75) is 5.33 Å². The minimum atomic E-state index is 0.0486. The van der Waals surface area contributed by atoms with Crippen LogP contribution in [0.2, 0.25) is 0 Å². The molecule has 2 aromatic rings. The molecule has 0 atom stereocenters. The molecule has 0 saturated carbocycles. The van der Waals surface area contributed by atoms with Gasteiger partial charge < -0.3 is 0 Å². The first kappa shape index (κ1) is 12.5. The molecule has 0 saturated heterocycles. The molecular formula is C14H10Br2O. The minimum Gasteiger partial charge on any atom is -0.289 e. The summed E-state index contributed by atoms with van der Waals surface area (Å²) in [6.07, 6.45) is 0. The summed E-state index contributed by atoms with van der Waals surface area (Å²) in [5.74, 6) is 0.0486. The molecule has 0 amide bonds. The van der Waals surface area contributed by atoms with Crippen LogP contribution in [0.3, 0.4) is 0 Å². The summed E-state index contributed by atoms with van der Waals surface area (Å²) in [4.78, 5) is 12.4. The van der Waals surface area contributed by atoms with E-state index in [1.807, 2.05) is 48.5 Å². The topological polar surface area (TPSA) is 17.1 Å². The molecule has 86 valence electrons. The number of halogens is 2. The molecule has 2 aromatic carbocycles. The van der Waals surface area contributed by atoms with Crippen molar-refractivity contribution in [3.63, 3.8) is 0 Å². The molecule has 3 heteroatoms. The van der Waals surface area contributed by atoms with Gasteiger partial charge in [-0.1, -0.05) is 68.3 Å². The maximum Gasteiger partial charge on any atom is 0.194 e. The standard InChI is InChI=1S/C14H10Br2O/c15-9-10-5-1-2-6-11(10)14(17)12-7-3-4-8-13(12)16/h1-8H,9H2. The van der Waals surface area contributed by atoms with E-state index in [0.29, 0.717) is 10.9 Å². The summed E-state index contributed by atoms with van der Waals surface area (Å²) in [6, 6.07) is 15.1. The van der Waals surface area contributed by atoms with Gasteiger partial charge in [-0.2, -0.15) is 0 Å². The van der Waals surface area contributed by atoms with Crippen molar-refractivity contribution in [2.24, 2.45) is 0 Å². The van der Waals surface area contributed by atoms with E-state index in [9.17, 15) is 4.79 Å². The molecule has 0 radical (unpaired) electrons. The number of alkyl halides is 1. The van der Waals surface area contributed by atoms with Gasteiger partial charge in [-0.25, -0.2) is 0 Å². The molecule has 2 rings (SSSR count). The van der Waals surface area contributed by atoms with Gasteiger partial charge in [0.25, 0.3) is 0 Å². The van der Waals surface area contributed by atoms with Gasteiger partial charge in [-0.3, -0.25) is 4.79 Å². The second-order valence-electron chi connectivity index (χ2n) is 3.60. The number of carbonyl (C=O) groups is 1. The third kappa shape index (κ3) is 2.67. The van der Waals surface area contributed by atoms with E-state index in [1.54, 1.807) is 0 Å². The molecule has 0 spiro atoms. The van der Waals surface area contributed by atoms with Crippen LogP contribution in [0.25, 0.3) is 0 Å². The van der Waals surface area contributed by atoms with Gasteiger partial charge in [0, 0.05) is 20.9 Å². The lowest BCUT2D eigenvalue weighted by Gasteiger charge is -2.07. The molecule has 0 bridgehead atoms. The molecule has 0 aliphatic heterocycles. The number of carbonyl (C=O) groups excluding carboxylic acids is 1. The van der Waals surface area contributed by atoms with E-state index in [2.05, 4.69) is 31.9 Å². The third-order valence-corrected chi connectivity index (χ3v) is 3.82. The van der Waals surface area contributed by atoms with Crippen LogP contribution < -0.4 is 0 Å². The van der Waals surface area contributed by atoms with Gasteiger partial charge in [0.05, 0.1) is 0 Å². The van der Waals surface area contributed by atoms with Crippen molar-refractivity contribution in [1.29, 1.82) is 0 Å². The summed E-state index contributed by atoms with van der Waals surface area (Å²) in [6.45, 7) is 0. The highest BCUT2D eigenvalue weighted by Gasteiger charge is 2.14. The first-order valence-electron chi connectivity index (χ1n) is 5.17. The number of hydrogen-bond acceptors (Lipinski definition) is 1. The quantitative estimate of drug-likeness (QED) is 0.583. The van der Waals surface area contributed by atoms with E-state index in [4.69, 9.17) is 0 Å². The Labute approximate surface area is 117 Å². The summed E-state index contributed by atoms with van der Waals surface area (Å²) in [5.41, 5.74) is 2.45. The van der Waals surface area contributed by atoms with E-state index in [1.165, 1.54) is 0 Å². The zero-order valence-electron chi connectivity index (χ0n) is 8.99. The number of rotatable bonds is 3. The largest absolute Gasteiger partial charge is 0.289 e. The summed E-state index contributed by atoms with van der Waals surface area (Å²) in [7, 11) is 0. The van der Waals surface area contributed by atoms with Gasteiger partial charge in [0.2, 0.25) is 0 Å². The molecule has 0 fully saturated rings. The first-order chi connectivity index (χ1) is 8.24. The molecule has 0 heterocycles. The highest BCUT2D eigenvalue weighted by Crippen LogP contribution is 2.22. The molecule has 0 unspecified atom stereocenters. The molecule has 0 N–H and O–H groups in total. The Bertz CT molecular complexity index is 549. The molecule has 0 aliphatic rings. The van der Waals surface area contributed by atoms with Gasteiger partial charge >= 0.3 is 0 Å². The van der Waals surface area contributed by atoms with Gasteiger partial charge in [-0.15, -0.1) is 0 Å². The smallest absolute Gasteiger partial charge is 0.194 e. The van der Waals surface area contributed by atoms with Crippen LogP contribution in [0.15, 0.2) is 53.0 Å². The van der Waals surface area contributed by atoms with Crippen LogP contribution in [0.5, 0.6) is 0 Å². The number of benzene rings is 2. The lowest BCUT2D eigenvalue weighted by atomic mass is 9.99. The fourth-order valence-corrected chi connectivity index (χ4v) is 2.60. The number of ketones is 1. The van der Waals surface area contributed by atoms with E-state index < -0.39 is 0 Å².